The smallest absolute Gasteiger partial charge is 0.0931 e. The Hall–Kier alpha value is -0.130. The Bertz CT molecular complexity index is 332. The lowest BCUT2D eigenvalue weighted by molar-refractivity contribution is 0.0958. The fourth-order valence-electron chi connectivity index (χ4n) is 1.86. The molecule has 1 fully saturated rings. The van der Waals surface area contributed by atoms with E-state index in [-0.39, 0.29) is 12.5 Å². The number of halogens is 1. The zero-order valence-corrected chi connectivity index (χ0v) is 10.6. The SMILES string of the molecule is OC[C@H]1COCCN(Cc2ccc(Cl)s2)C1. The molecule has 0 saturated carbocycles. The molecule has 1 aromatic rings. The zero-order valence-electron chi connectivity index (χ0n) is 9.06. The molecular formula is C11H16ClNO2S. The number of aliphatic hydroxyl groups is 1. The van der Waals surface area contributed by atoms with E-state index in [4.69, 9.17) is 16.3 Å². The van der Waals surface area contributed by atoms with E-state index in [1.807, 2.05) is 6.07 Å². The van der Waals surface area contributed by atoms with Crippen molar-refractivity contribution in [3.8, 4) is 0 Å². The lowest BCUT2D eigenvalue weighted by atomic mass is 10.1. The van der Waals surface area contributed by atoms with Gasteiger partial charge in [0.2, 0.25) is 0 Å². The highest BCUT2D eigenvalue weighted by Gasteiger charge is 2.18. The quantitative estimate of drug-likeness (QED) is 0.901. The molecule has 1 saturated heterocycles. The predicted octanol–water partition coefficient (Wildman–Crippen LogP) is 1.84. The second kappa shape index (κ2) is 5.98. The maximum absolute atomic E-state index is 9.18. The van der Waals surface area contributed by atoms with Crippen molar-refractivity contribution in [1.29, 1.82) is 0 Å². The van der Waals surface area contributed by atoms with E-state index < -0.39 is 0 Å². The van der Waals surface area contributed by atoms with E-state index in [9.17, 15) is 5.11 Å². The van der Waals surface area contributed by atoms with Gasteiger partial charge in [-0.1, -0.05) is 11.6 Å². The van der Waals surface area contributed by atoms with Crippen LogP contribution in [0.25, 0.3) is 0 Å². The lowest BCUT2D eigenvalue weighted by Crippen LogP contribution is -2.30. The van der Waals surface area contributed by atoms with Gasteiger partial charge in [0.15, 0.2) is 0 Å². The van der Waals surface area contributed by atoms with Crippen LogP contribution in [0.1, 0.15) is 4.88 Å². The zero-order chi connectivity index (χ0) is 11.4. The molecule has 0 aromatic carbocycles. The second-order valence-electron chi connectivity index (χ2n) is 4.06. The monoisotopic (exact) mass is 261 g/mol. The third-order valence-electron chi connectivity index (χ3n) is 2.69. The van der Waals surface area contributed by atoms with Crippen LogP contribution >= 0.6 is 22.9 Å². The van der Waals surface area contributed by atoms with Gasteiger partial charge in [0.25, 0.3) is 0 Å². The van der Waals surface area contributed by atoms with Crippen LogP contribution in [-0.2, 0) is 11.3 Å². The van der Waals surface area contributed by atoms with Crippen LogP contribution in [-0.4, -0.2) is 42.9 Å². The highest BCUT2D eigenvalue weighted by molar-refractivity contribution is 7.16. The molecule has 1 atom stereocenters. The summed E-state index contributed by atoms with van der Waals surface area (Å²) in [5.41, 5.74) is 0. The van der Waals surface area contributed by atoms with Crippen LogP contribution in [0.4, 0.5) is 0 Å². The summed E-state index contributed by atoms with van der Waals surface area (Å²) in [4.78, 5) is 3.58. The molecule has 1 aliphatic rings. The van der Waals surface area contributed by atoms with Crippen molar-refractivity contribution in [2.45, 2.75) is 6.54 Å². The summed E-state index contributed by atoms with van der Waals surface area (Å²) in [5.74, 6) is 0.234. The Morgan fingerprint density at radius 2 is 2.44 bits per heavy atom. The van der Waals surface area contributed by atoms with Gasteiger partial charge in [0, 0.05) is 37.0 Å². The third-order valence-corrected chi connectivity index (χ3v) is 3.90. The molecule has 0 bridgehead atoms. The molecule has 16 heavy (non-hydrogen) atoms. The van der Waals surface area contributed by atoms with Crippen LogP contribution < -0.4 is 0 Å². The molecule has 3 nitrogen and oxygen atoms in total. The summed E-state index contributed by atoms with van der Waals surface area (Å²) < 4.78 is 6.28. The molecule has 0 radical (unpaired) electrons. The van der Waals surface area contributed by atoms with Crippen molar-refractivity contribution in [2.24, 2.45) is 5.92 Å². The topological polar surface area (TPSA) is 32.7 Å². The number of thiophene rings is 1. The normalized spacial score (nSPS) is 23.2. The Morgan fingerprint density at radius 3 is 3.12 bits per heavy atom. The first-order valence-electron chi connectivity index (χ1n) is 5.43. The summed E-state index contributed by atoms with van der Waals surface area (Å²) in [6, 6.07) is 3.99. The summed E-state index contributed by atoms with van der Waals surface area (Å²) in [6.45, 7) is 4.32. The Kier molecular flexibility index (Phi) is 4.61. The van der Waals surface area contributed by atoms with Crippen molar-refractivity contribution < 1.29 is 9.84 Å². The maximum Gasteiger partial charge on any atom is 0.0931 e. The average molecular weight is 262 g/mol. The van der Waals surface area contributed by atoms with Gasteiger partial charge >= 0.3 is 0 Å². The minimum absolute atomic E-state index is 0.196. The summed E-state index contributed by atoms with van der Waals surface area (Å²) in [7, 11) is 0. The van der Waals surface area contributed by atoms with Gasteiger partial charge in [-0.25, -0.2) is 0 Å². The maximum atomic E-state index is 9.18. The molecule has 0 aliphatic carbocycles. The summed E-state index contributed by atoms with van der Waals surface area (Å²) in [5, 5.41) is 9.18. The number of aliphatic hydroxyl groups excluding tert-OH is 1. The van der Waals surface area contributed by atoms with Crippen LogP contribution in [0, 0.1) is 5.92 Å². The van der Waals surface area contributed by atoms with E-state index in [0.29, 0.717) is 6.61 Å². The highest BCUT2D eigenvalue weighted by Crippen LogP contribution is 2.23. The van der Waals surface area contributed by atoms with Crippen molar-refractivity contribution in [3.05, 3.63) is 21.3 Å². The predicted molar refractivity (Wildman–Crippen MR) is 66.0 cm³/mol. The van der Waals surface area contributed by atoms with Gasteiger partial charge < -0.3 is 9.84 Å². The Morgan fingerprint density at radius 1 is 1.56 bits per heavy atom. The van der Waals surface area contributed by atoms with E-state index in [2.05, 4.69) is 11.0 Å². The number of nitrogens with zero attached hydrogens (tertiary/aromatic N) is 1. The first-order chi connectivity index (χ1) is 7.78. The number of rotatable bonds is 3. The number of hydrogen-bond donors (Lipinski definition) is 1. The van der Waals surface area contributed by atoms with Crippen LogP contribution in [0.15, 0.2) is 12.1 Å². The van der Waals surface area contributed by atoms with Crippen molar-refractivity contribution in [2.75, 3.05) is 32.9 Å². The van der Waals surface area contributed by atoms with Gasteiger partial charge in [-0.15, -0.1) is 11.3 Å². The molecule has 2 rings (SSSR count). The lowest BCUT2D eigenvalue weighted by Gasteiger charge is -2.21. The third kappa shape index (κ3) is 3.43. The molecule has 0 amide bonds. The van der Waals surface area contributed by atoms with Crippen LogP contribution in [0.3, 0.4) is 0 Å². The van der Waals surface area contributed by atoms with Gasteiger partial charge in [-0.3, -0.25) is 4.90 Å². The van der Waals surface area contributed by atoms with Crippen molar-refractivity contribution >= 4 is 22.9 Å². The van der Waals surface area contributed by atoms with Gasteiger partial charge in [0.1, 0.15) is 0 Å². The van der Waals surface area contributed by atoms with E-state index >= 15 is 0 Å². The molecule has 5 heteroatoms. The Labute approximate surface area is 105 Å². The van der Waals surface area contributed by atoms with E-state index in [1.54, 1.807) is 11.3 Å². The fourth-order valence-corrected chi connectivity index (χ4v) is 2.99. The highest BCUT2D eigenvalue weighted by atomic mass is 35.5. The molecular weight excluding hydrogens is 246 g/mol. The molecule has 2 heterocycles. The molecule has 1 aliphatic heterocycles. The minimum Gasteiger partial charge on any atom is -0.396 e. The Balaban J connectivity index is 1.92. The minimum atomic E-state index is 0.196. The summed E-state index contributed by atoms with van der Waals surface area (Å²) in [6.07, 6.45) is 0. The standard InChI is InChI=1S/C11H16ClNO2S/c12-11-2-1-10(16-11)6-13-3-4-15-8-9(5-13)7-14/h1-2,9,14H,3-8H2/t9-/m0/s1. The van der Waals surface area contributed by atoms with Crippen LogP contribution in [0.5, 0.6) is 0 Å². The fraction of sp³-hybridized carbons (Fsp3) is 0.636. The molecule has 90 valence electrons. The van der Waals surface area contributed by atoms with E-state index in [0.717, 1.165) is 30.6 Å². The average Bonchev–Trinajstić information content (AvgIpc) is 2.55. The van der Waals surface area contributed by atoms with Crippen LogP contribution in [0.2, 0.25) is 4.34 Å². The first kappa shape index (κ1) is 12.3. The molecule has 1 N–H and O–H groups in total. The molecule has 1 aromatic heterocycles. The van der Waals surface area contributed by atoms with Crippen molar-refractivity contribution in [3.63, 3.8) is 0 Å². The second-order valence-corrected chi connectivity index (χ2v) is 5.86. The van der Waals surface area contributed by atoms with Gasteiger partial charge in [0.05, 0.1) is 17.6 Å². The summed E-state index contributed by atoms with van der Waals surface area (Å²) >= 11 is 7.52. The number of ether oxygens (including phenoxy) is 1. The molecule has 0 spiro atoms. The van der Waals surface area contributed by atoms with Crippen molar-refractivity contribution in [1.82, 2.24) is 4.90 Å². The first-order valence-corrected chi connectivity index (χ1v) is 6.62. The van der Waals surface area contributed by atoms with E-state index in [1.165, 1.54) is 4.88 Å². The molecule has 0 unspecified atom stereocenters. The largest absolute Gasteiger partial charge is 0.396 e. The van der Waals surface area contributed by atoms with Gasteiger partial charge in [-0.05, 0) is 12.1 Å². The van der Waals surface area contributed by atoms with Gasteiger partial charge in [-0.2, -0.15) is 0 Å². The number of hydrogen-bond acceptors (Lipinski definition) is 4.